The highest BCUT2D eigenvalue weighted by molar-refractivity contribution is 7.99. The van der Waals surface area contributed by atoms with Crippen molar-refractivity contribution < 1.29 is 19.0 Å². The van der Waals surface area contributed by atoms with Gasteiger partial charge in [0.15, 0.2) is 11.5 Å². The van der Waals surface area contributed by atoms with E-state index in [9.17, 15) is 4.79 Å². The lowest BCUT2D eigenvalue weighted by atomic mass is 10.0. The number of tetrazole rings is 1. The maximum Gasteiger partial charge on any atom is 0.220 e. The van der Waals surface area contributed by atoms with Gasteiger partial charge >= 0.3 is 0 Å². The summed E-state index contributed by atoms with van der Waals surface area (Å²) in [5.41, 5.74) is 1.06. The second kappa shape index (κ2) is 11.1. The number of amides is 1. The Morgan fingerprint density at radius 2 is 2.03 bits per heavy atom. The van der Waals surface area contributed by atoms with Crippen molar-refractivity contribution in [1.29, 1.82) is 0 Å². The third-order valence-corrected chi connectivity index (χ3v) is 5.93. The van der Waals surface area contributed by atoms with Crippen LogP contribution in [-0.4, -0.2) is 83.8 Å². The zero-order valence-corrected chi connectivity index (χ0v) is 18.4. The zero-order chi connectivity index (χ0) is 21.3. The minimum absolute atomic E-state index is 0.00337. The number of ether oxygens (including phenoxy) is 3. The van der Waals surface area contributed by atoms with E-state index >= 15 is 0 Å². The van der Waals surface area contributed by atoms with E-state index < -0.39 is 0 Å². The predicted molar refractivity (Wildman–Crippen MR) is 112 cm³/mol. The van der Waals surface area contributed by atoms with Crippen molar-refractivity contribution in [3.63, 3.8) is 0 Å². The molecular formula is C19H28N6O4S. The van der Waals surface area contributed by atoms with Crippen LogP contribution in [0.15, 0.2) is 23.4 Å². The first-order chi connectivity index (χ1) is 14.6. The van der Waals surface area contributed by atoms with Crippen LogP contribution in [-0.2, 0) is 16.6 Å². The average Bonchev–Trinajstić information content (AvgIpc) is 3.19. The molecule has 1 aromatic carbocycles. The number of carbonyl (C=O) groups is 1. The van der Waals surface area contributed by atoms with Crippen molar-refractivity contribution >= 4 is 17.7 Å². The molecule has 1 aliphatic heterocycles. The minimum atomic E-state index is -0.00337. The second-order valence-corrected chi connectivity index (χ2v) is 7.83. The Kier molecular flexibility index (Phi) is 8.29. The lowest BCUT2D eigenvalue weighted by Crippen LogP contribution is -2.43. The van der Waals surface area contributed by atoms with Gasteiger partial charge in [-0.2, -0.15) is 0 Å². The van der Waals surface area contributed by atoms with Gasteiger partial charge in [-0.15, -0.1) is 5.10 Å². The molecule has 1 atom stereocenters. The molecule has 1 fully saturated rings. The van der Waals surface area contributed by atoms with E-state index in [0.717, 1.165) is 18.7 Å². The summed E-state index contributed by atoms with van der Waals surface area (Å²) in [6.45, 7) is 3.48. The number of rotatable bonds is 10. The maximum atomic E-state index is 12.4. The molecule has 1 unspecified atom stereocenters. The molecule has 1 aliphatic rings. The summed E-state index contributed by atoms with van der Waals surface area (Å²) in [6, 6.07) is 5.91. The number of carbonyl (C=O) groups excluding carboxylic acids is 1. The van der Waals surface area contributed by atoms with Gasteiger partial charge in [0.2, 0.25) is 11.1 Å². The van der Waals surface area contributed by atoms with Gasteiger partial charge in [-0.1, -0.05) is 17.8 Å². The van der Waals surface area contributed by atoms with Gasteiger partial charge in [0, 0.05) is 38.9 Å². The molecule has 2 aromatic rings. The van der Waals surface area contributed by atoms with E-state index in [4.69, 9.17) is 14.2 Å². The van der Waals surface area contributed by atoms with Crippen molar-refractivity contribution in [3.8, 4) is 11.5 Å². The Balaban J connectivity index is 1.61. The van der Waals surface area contributed by atoms with E-state index in [2.05, 4.69) is 25.7 Å². The van der Waals surface area contributed by atoms with E-state index in [0.29, 0.717) is 48.6 Å². The Bertz CT molecular complexity index is 827. The number of nitrogens with zero attached hydrogens (tertiary/aromatic N) is 5. The first-order valence-electron chi connectivity index (χ1n) is 9.78. The quantitative estimate of drug-likeness (QED) is 0.544. The molecule has 10 nitrogen and oxygen atoms in total. The van der Waals surface area contributed by atoms with Crippen molar-refractivity contribution in [2.45, 2.75) is 17.6 Å². The van der Waals surface area contributed by atoms with Crippen LogP contribution in [0.25, 0.3) is 0 Å². The summed E-state index contributed by atoms with van der Waals surface area (Å²) in [6.07, 6.45) is 0.388. The van der Waals surface area contributed by atoms with Crippen LogP contribution >= 0.6 is 11.8 Å². The number of hydrogen-bond donors (Lipinski definition) is 1. The normalized spacial score (nSPS) is 15.6. The van der Waals surface area contributed by atoms with E-state index in [1.807, 2.05) is 18.2 Å². The van der Waals surface area contributed by atoms with Gasteiger partial charge in [-0.25, -0.2) is 4.68 Å². The molecule has 0 aliphatic carbocycles. The first kappa shape index (κ1) is 22.3. The number of benzene rings is 1. The highest BCUT2D eigenvalue weighted by Gasteiger charge is 2.24. The highest BCUT2D eigenvalue weighted by atomic mass is 32.2. The van der Waals surface area contributed by atoms with E-state index in [-0.39, 0.29) is 11.9 Å². The van der Waals surface area contributed by atoms with Crippen LogP contribution < -0.4 is 14.8 Å². The van der Waals surface area contributed by atoms with Gasteiger partial charge < -0.3 is 19.5 Å². The first-order valence-corrected chi connectivity index (χ1v) is 10.8. The maximum absolute atomic E-state index is 12.4. The molecule has 11 heteroatoms. The molecule has 30 heavy (non-hydrogen) atoms. The monoisotopic (exact) mass is 436 g/mol. The molecule has 164 valence electrons. The molecule has 1 amide bonds. The predicted octanol–water partition coefficient (Wildman–Crippen LogP) is 0.899. The van der Waals surface area contributed by atoms with E-state index in [1.54, 1.807) is 25.9 Å². The molecule has 0 radical (unpaired) electrons. The summed E-state index contributed by atoms with van der Waals surface area (Å²) < 4.78 is 17.9. The third kappa shape index (κ3) is 5.83. The van der Waals surface area contributed by atoms with Crippen molar-refractivity contribution in [2.75, 3.05) is 52.8 Å². The van der Waals surface area contributed by atoms with Crippen LogP contribution in [0.2, 0.25) is 0 Å². The minimum Gasteiger partial charge on any atom is -0.493 e. The Labute approximate surface area is 180 Å². The zero-order valence-electron chi connectivity index (χ0n) is 17.5. The lowest BCUT2D eigenvalue weighted by Gasteiger charge is -2.35. The summed E-state index contributed by atoms with van der Waals surface area (Å²) in [5.74, 6) is 1.96. The molecule has 3 rings (SSSR count). The van der Waals surface area contributed by atoms with E-state index in [1.165, 1.54) is 11.8 Å². The molecule has 0 saturated carbocycles. The highest BCUT2D eigenvalue weighted by Crippen LogP contribution is 2.32. The fourth-order valence-electron chi connectivity index (χ4n) is 3.28. The standard InChI is InChI=1S/C19H28N6O4S/c1-24-19(21-22-23-24)30-11-6-18(26)20-13-15(25-7-9-29-10-8-25)14-4-5-16(27-2)17(12-14)28-3/h4-5,12,15H,6-11,13H2,1-3H3,(H,20,26). The van der Waals surface area contributed by atoms with Gasteiger partial charge in [0.05, 0.1) is 33.5 Å². The fourth-order valence-corrected chi connectivity index (χ4v) is 4.07. The van der Waals surface area contributed by atoms with Gasteiger partial charge in [0.25, 0.3) is 0 Å². The van der Waals surface area contributed by atoms with Crippen molar-refractivity contribution in [3.05, 3.63) is 23.8 Å². The van der Waals surface area contributed by atoms with Crippen LogP contribution in [0.3, 0.4) is 0 Å². The number of aryl methyl sites for hydroxylation is 1. The van der Waals surface area contributed by atoms with Gasteiger partial charge in [0.1, 0.15) is 0 Å². The number of thioether (sulfide) groups is 1. The molecule has 0 bridgehead atoms. The summed E-state index contributed by atoms with van der Waals surface area (Å²) in [7, 11) is 5.02. The third-order valence-electron chi connectivity index (χ3n) is 4.91. The second-order valence-electron chi connectivity index (χ2n) is 6.77. The van der Waals surface area contributed by atoms with Crippen LogP contribution in [0.5, 0.6) is 11.5 Å². The molecular weight excluding hydrogens is 408 g/mol. The van der Waals surface area contributed by atoms with Crippen LogP contribution in [0, 0.1) is 0 Å². The Hall–Kier alpha value is -2.37. The smallest absolute Gasteiger partial charge is 0.220 e. The SMILES string of the molecule is COc1ccc(C(CNC(=O)CCSc2nnnn2C)N2CCOCC2)cc1OC. The van der Waals surface area contributed by atoms with Gasteiger partial charge in [-0.05, 0) is 28.1 Å². The number of aromatic nitrogens is 4. The Morgan fingerprint density at radius 3 is 2.70 bits per heavy atom. The van der Waals surface area contributed by atoms with Gasteiger partial charge in [-0.3, -0.25) is 9.69 Å². The molecule has 1 saturated heterocycles. The molecule has 2 heterocycles. The largest absolute Gasteiger partial charge is 0.493 e. The number of hydrogen-bond acceptors (Lipinski definition) is 9. The molecule has 1 aromatic heterocycles. The number of nitrogens with one attached hydrogen (secondary N) is 1. The van der Waals surface area contributed by atoms with Crippen LogP contribution in [0.1, 0.15) is 18.0 Å². The molecule has 0 spiro atoms. The number of methoxy groups -OCH3 is 2. The van der Waals surface area contributed by atoms with Crippen molar-refractivity contribution in [1.82, 2.24) is 30.4 Å². The van der Waals surface area contributed by atoms with Crippen molar-refractivity contribution in [2.24, 2.45) is 7.05 Å². The van der Waals surface area contributed by atoms with Crippen LogP contribution in [0.4, 0.5) is 0 Å². The summed E-state index contributed by atoms with van der Waals surface area (Å²) in [4.78, 5) is 14.8. The lowest BCUT2D eigenvalue weighted by molar-refractivity contribution is -0.121. The topological polar surface area (TPSA) is 104 Å². The average molecular weight is 437 g/mol. The fraction of sp³-hybridized carbons (Fsp3) is 0.579. The Morgan fingerprint density at radius 1 is 1.27 bits per heavy atom. The molecule has 1 N–H and O–H groups in total. The number of morpholine rings is 1. The summed E-state index contributed by atoms with van der Waals surface area (Å²) >= 11 is 1.46. The summed E-state index contributed by atoms with van der Waals surface area (Å²) in [5, 5.41) is 15.1.